The average Bonchev–Trinajstić information content (AvgIpc) is 2.93. The maximum absolute atomic E-state index is 11.8. The molecule has 2 atom stereocenters. The zero-order valence-electron chi connectivity index (χ0n) is 11.1. The Morgan fingerprint density at radius 2 is 2.50 bits per heavy atom. The normalized spacial score (nSPS) is 27.4. The van der Waals surface area contributed by atoms with Gasteiger partial charge in [0.15, 0.2) is 0 Å². The van der Waals surface area contributed by atoms with E-state index in [2.05, 4.69) is 5.10 Å². The number of carbonyl (C=O) groups is 1. The molecule has 0 radical (unpaired) electrons. The molecule has 1 aliphatic rings. The maximum atomic E-state index is 11.8. The smallest absolute Gasteiger partial charge is 0.326 e. The van der Waals surface area contributed by atoms with Crippen molar-refractivity contribution in [3.63, 3.8) is 0 Å². The van der Waals surface area contributed by atoms with E-state index >= 15 is 0 Å². The van der Waals surface area contributed by atoms with Crippen LogP contribution in [0.4, 0.5) is 0 Å². The van der Waals surface area contributed by atoms with Gasteiger partial charge >= 0.3 is 5.97 Å². The third-order valence-corrected chi connectivity index (χ3v) is 3.92. The zero-order valence-corrected chi connectivity index (χ0v) is 11.1. The summed E-state index contributed by atoms with van der Waals surface area (Å²) in [6.07, 6.45) is 5.54. The van der Waals surface area contributed by atoms with E-state index in [1.165, 1.54) is 7.11 Å². The van der Waals surface area contributed by atoms with E-state index in [1.807, 2.05) is 23.9 Å². The summed E-state index contributed by atoms with van der Waals surface area (Å²) in [5.74, 6) is -0.0869. The summed E-state index contributed by atoms with van der Waals surface area (Å²) in [5.41, 5.74) is 6.44. The van der Waals surface area contributed by atoms with Gasteiger partial charge in [-0.15, -0.1) is 0 Å². The minimum absolute atomic E-state index is 0.189. The average molecular weight is 251 g/mol. The lowest BCUT2D eigenvalue weighted by atomic mass is 9.85. The predicted molar refractivity (Wildman–Crippen MR) is 67.9 cm³/mol. The van der Waals surface area contributed by atoms with E-state index in [1.54, 1.807) is 0 Å². The summed E-state index contributed by atoms with van der Waals surface area (Å²) in [5, 5.41) is 4.34. The lowest BCUT2D eigenvalue weighted by molar-refractivity contribution is -0.148. The van der Waals surface area contributed by atoms with Crippen LogP contribution in [0.5, 0.6) is 0 Å². The second-order valence-corrected chi connectivity index (χ2v) is 5.13. The van der Waals surface area contributed by atoms with Crippen molar-refractivity contribution < 1.29 is 9.53 Å². The first-order valence-corrected chi connectivity index (χ1v) is 6.43. The number of nitrogens with zero attached hydrogens (tertiary/aromatic N) is 2. The Morgan fingerprint density at radius 1 is 1.72 bits per heavy atom. The van der Waals surface area contributed by atoms with E-state index in [4.69, 9.17) is 10.5 Å². The molecule has 5 nitrogen and oxygen atoms in total. The van der Waals surface area contributed by atoms with Gasteiger partial charge in [0.1, 0.15) is 5.54 Å². The number of carbonyl (C=O) groups excluding carboxylic acids is 1. The Balaban J connectivity index is 1.98. The third-order valence-electron chi connectivity index (χ3n) is 3.92. The Kier molecular flexibility index (Phi) is 3.71. The molecule has 1 saturated carbocycles. The van der Waals surface area contributed by atoms with Crippen molar-refractivity contribution in [2.75, 3.05) is 7.11 Å². The highest BCUT2D eigenvalue weighted by Crippen LogP contribution is 2.37. The fourth-order valence-electron chi connectivity index (χ4n) is 2.84. The molecule has 1 heterocycles. The SMILES string of the molecule is COC(=O)C1(N)CCCC1CCn1ccc(C)n1. The minimum Gasteiger partial charge on any atom is -0.468 e. The molecule has 0 spiro atoms. The Hall–Kier alpha value is -1.36. The van der Waals surface area contributed by atoms with Crippen molar-refractivity contribution in [2.24, 2.45) is 11.7 Å². The van der Waals surface area contributed by atoms with Gasteiger partial charge in [0.05, 0.1) is 12.8 Å². The molecular weight excluding hydrogens is 230 g/mol. The molecule has 0 aliphatic heterocycles. The van der Waals surface area contributed by atoms with Gasteiger partial charge in [-0.25, -0.2) is 0 Å². The van der Waals surface area contributed by atoms with Gasteiger partial charge in [0.25, 0.3) is 0 Å². The number of ether oxygens (including phenoxy) is 1. The van der Waals surface area contributed by atoms with Crippen molar-refractivity contribution in [2.45, 2.75) is 44.7 Å². The lowest BCUT2D eigenvalue weighted by Crippen LogP contribution is -2.51. The highest BCUT2D eigenvalue weighted by atomic mass is 16.5. The highest BCUT2D eigenvalue weighted by molar-refractivity contribution is 5.81. The number of esters is 1. The number of hydrogen-bond donors (Lipinski definition) is 1. The third kappa shape index (κ3) is 2.41. The van der Waals surface area contributed by atoms with Crippen LogP contribution >= 0.6 is 0 Å². The molecule has 2 unspecified atom stereocenters. The first-order valence-electron chi connectivity index (χ1n) is 6.43. The first-order chi connectivity index (χ1) is 8.56. The Morgan fingerprint density at radius 3 is 3.11 bits per heavy atom. The fourth-order valence-corrected chi connectivity index (χ4v) is 2.84. The van der Waals surface area contributed by atoms with Gasteiger partial charge < -0.3 is 10.5 Å². The molecule has 0 saturated heterocycles. The van der Waals surface area contributed by atoms with Crippen LogP contribution < -0.4 is 5.73 Å². The molecule has 1 aliphatic carbocycles. The molecule has 100 valence electrons. The maximum Gasteiger partial charge on any atom is 0.326 e. The summed E-state index contributed by atoms with van der Waals surface area (Å²) in [6, 6.07) is 1.98. The minimum atomic E-state index is -0.795. The monoisotopic (exact) mass is 251 g/mol. The number of aryl methyl sites for hydroxylation is 2. The second kappa shape index (κ2) is 5.10. The van der Waals surface area contributed by atoms with E-state index in [0.29, 0.717) is 0 Å². The molecule has 2 N–H and O–H groups in total. The van der Waals surface area contributed by atoms with Crippen molar-refractivity contribution in [3.05, 3.63) is 18.0 Å². The molecule has 0 aromatic carbocycles. The number of rotatable bonds is 4. The predicted octanol–water partition coefficient (Wildman–Crippen LogP) is 1.25. The number of methoxy groups -OCH3 is 1. The topological polar surface area (TPSA) is 70.1 Å². The Bertz CT molecular complexity index is 430. The van der Waals surface area contributed by atoms with Crippen LogP contribution in [-0.4, -0.2) is 28.4 Å². The van der Waals surface area contributed by atoms with Crippen LogP contribution in [0, 0.1) is 12.8 Å². The quantitative estimate of drug-likeness (QED) is 0.818. The van der Waals surface area contributed by atoms with Gasteiger partial charge in [-0.3, -0.25) is 9.48 Å². The van der Waals surface area contributed by atoms with Crippen LogP contribution in [0.3, 0.4) is 0 Å². The molecule has 2 rings (SSSR count). The van der Waals surface area contributed by atoms with Crippen LogP contribution in [0.2, 0.25) is 0 Å². The van der Waals surface area contributed by atoms with Crippen molar-refractivity contribution in [1.29, 1.82) is 0 Å². The molecule has 5 heteroatoms. The first kappa shape index (κ1) is 13.1. The summed E-state index contributed by atoms with van der Waals surface area (Å²) in [4.78, 5) is 11.8. The van der Waals surface area contributed by atoms with Crippen LogP contribution in [0.1, 0.15) is 31.4 Å². The molecule has 1 aromatic rings. The van der Waals surface area contributed by atoms with Gasteiger partial charge in [-0.05, 0) is 38.2 Å². The highest BCUT2D eigenvalue weighted by Gasteiger charge is 2.46. The van der Waals surface area contributed by atoms with Gasteiger partial charge in [0.2, 0.25) is 0 Å². The lowest BCUT2D eigenvalue weighted by Gasteiger charge is -2.28. The summed E-state index contributed by atoms with van der Waals surface area (Å²) < 4.78 is 6.75. The van der Waals surface area contributed by atoms with Crippen LogP contribution in [0.25, 0.3) is 0 Å². The zero-order chi connectivity index (χ0) is 13.2. The summed E-state index contributed by atoms with van der Waals surface area (Å²) in [6.45, 7) is 2.77. The van der Waals surface area contributed by atoms with Crippen molar-refractivity contribution in [3.8, 4) is 0 Å². The largest absolute Gasteiger partial charge is 0.468 e. The summed E-state index contributed by atoms with van der Waals surface area (Å²) >= 11 is 0. The molecule has 0 amide bonds. The fraction of sp³-hybridized carbons (Fsp3) is 0.692. The molecular formula is C13H21N3O2. The van der Waals surface area contributed by atoms with Gasteiger partial charge in [0, 0.05) is 12.7 Å². The Labute approximate surface area is 107 Å². The van der Waals surface area contributed by atoms with E-state index in [-0.39, 0.29) is 11.9 Å². The van der Waals surface area contributed by atoms with Gasteiger partial charge in [-0.2, -0.15) is 5.10 Å². The summed E-state index contributed by atoms with van der Waals surface area (Å²) in [7, 11) is 1.41. The number of aromatic nitrogens is 2. The second-order valence-electron chi connectivity index (χ2n) is 5.13. The van der Waals surface area contributed by atoms with Crippen molar-refractivity contribution >= 4 is 5.97 Å². The van der Waals surface area contributed by atoms with Crippen LogP contribution in [-0.2, 0) is 16.1 Å². The van der Waals surface area contributed by atoms with E-state index in [9.17, 15) is 4.79 Å². The van der Waals surface area contributed by atoms with E-state index in [0.717, 1.165) is 37.9 Å². The number of hydrogen-bond acceptors (Lipinski definition) is 4. The van der Waals surface area contributed by atoms with Crippen LogP contribution in [0.15, 0.2) is 12.3 Å². The van der Waals surface area contributed by atoms with E-state index < -0.39 is 5.54 Å². The number of nitrogens with two attached hydrogens (primary N) is 1. The molecule has 18 heavy (non-hydrogen) atoms. The molecule has 0 bridgehead atoms. The molecule has 1 aromatic heterocycles. The van der Waals surface area contributed by atoms with Gasteiger partial charge in [-0.1, -0.05) is 6.42 Å². The van der Waals surface area contributed by atoms with Crippen molar-refractivity contribution in [1.82, 2.24) is 9.78 Å². The standard InChI is InChI=1S/C13H21N3O2/c1-10-5-8-16(15-10)9-6-11-4-3-7-13(11,14)12(17)18-2/h5,8,11H,3-4,6-7,9,14H2,1-2H3. The molecule has 1 fully saturated rings.